The number of likely N-dealkylation sites (tertiary alicyclic amines) is 1. The smallest absolute Gasteiger partial charge is 0.291 e. The van der Waals surface area contributed by atoms with E-state index in [1.54, 1.807) is 21.6 Å². The first-order chi connectivity index (χ1) is 16.9. The van der Waals surface area contributed by atoms with E-state index in [1.165, 1.54) is 12.1 Å². The molecule has 4 N–H and O–H groups in total. The Balaban J connectivity index is 1.67. The molecule has 1 atom stereocenters. The van der Waals surface area contributed by atoms with Crippen LogP contribution in [0.5, 0.6) is 5.88 Å². The van der Waals surface area contributed by atoms with Crippen LogP contribution in [0.25, 0.3) is 5.65 Å². The van der Waals surface area contributed by atoms with Crippen molar-refractivity contribution in [2.75, 3.05) is 19.7 Å². The first-order valence-corrected chi connectivity index (χ1v) is 11.4. The van der Waals surface area contributed by atoms with E-state index in [4.69, 9.17) is 32.4 Å². The van der Waals surface area contributed by atoms with Gasteiger partial charge in [-0.2, -0.15) is 10.4 Å². The summed E-state index contributed by atoms with van der Waals surface area (Å²) >= 11 is 6.37. The number of nitriles is 1. The number of hydrogen-bond acceptors (Lipinski definition) is 8. The zero-order chi connectivity index (χ0) is 24.9. The van der Waals surface area contributed by atoms with E-state index in [1.807, 2.05) is 13.0 Å². The molecule has 35 heavy (non-hydrogen) atoms. The van der Waals surface area contributed by atoms with Gasteiger partial charge in [-0.15, -0.1) is 4.40 Å². The number of aromatic amines is 1. The van der Waals surface area contributed by atoms with Crippen molar-refractivity contribution in [1.82, 2.24) is 14.9 Å². The summed E-state index contributed by atoms with van der Waals surface area (Å²) in [5.41, 5.74) is 2.69. The van der Waals surface area contributed by atoms with E-state index >= 15 is 0 Å². The van der Waals surface area contributed by atoms with Gasteiger partial charge in [0.05, 0.1) is 30.3 Å². The molecule has 1 fully saturated rings. The quantitative estimate of drug-likeness (QED) is 0.149. The molecule has 3 aromatic heterocycles. The predicted molar refractivity (Wildman–Crippen MR) is 128 cm³/mol. The minimum atomic E-state index is -0.870. The molecule has 182 valence electrons. The van der Waals surface area contributed by atoms with E-state index in [0.717, 1.165) is 19.0 Å². The van der Waals surface area contributed by atoms with Crippen molar-refractivity contribution in [3.05, 3.63) is 58.9 Å². The second-order valence-electron chi connectivity index (χ2n) is 8.12. The summed E-state index contributed by atoms with van der Waals surface area (Å²) in [6.45, 7) is 2.76. The lowest BCUT2D eigenvalue weighted by atomic mass is 10.0. The third-order valence-electron chi connectivity index (χ3n) is 5.82. The standard InChI is InChI=1S/C23H24ClFN8O2/c1-14(30-17-4-6-32(13-26)7-5-17)23(31-27)15-8-21-29-11-20(24)33(21)22(9-15)35-19(12-34)18-3-2-16(25)10-28-18/h2-3,8-11,17,19,34H,4-7,12H2,1H3,(H2,27,29,30)/p+1. The van der Waals surface area contributed by atoms with Gasteiger partial charge in [0.2, 0.25) is 5.15 Å². The number of fused-ring (bicyclic) bond motifs is 1. The average molecular weight is 500 g/mol. The molecule has 1 aliphatic rings. The summed E-state index contributed by atoms with van der Waals surface area (Å²) in [6, 6.07) is 6.26. The highest BCUT2D eigenvalue weighted by molar-refractivity contribution is 6.47. The number of nitrogens with zero attached hydrogens (tertiary/aromatic N) is 6. The lowest BCUT2D eigenvalue weighted by Crippen LogP contribution is -2.32. The number of imidazole rings is 1. The van der Waals surface area contributed by atoms with Gasteiger partial charge in [0.15, 0.2) is 12.3 Å². The average Bonchev–Trinajstić information content (AvgIpc) is 3.24. The lowest BCUT2D eigenvalue weighted by molar-refractivity contribution is -0.520. The first-order valence-electron chi connectivity index (χ1n) is 11.0. The van der Waals surface area contributed by atoms with Crippen LogP contribution in [-0.4, -0.2) is 57.1 Å². The largest absolute Gasteiger partial charge is 0.450 e. The Kier molecular flexibility index (Phi) is 7.43. The maximum atomic E-state index is 13.3. The van der Waals surface area contributed by atoms with E-state index < -0.39 is 18.5 Å². The van der Waals surface area contributed by atoms with Gasteiger partial charge in [-0.25, -0.2) is 9.37 Å². The van der Waals surface area contributed by atoms with Crippen LogP contribution in [0.3, 0.4) is 0 Å². The fourth-order valence-electron chi connectivity index (χ4n) is 4.04. The van der Waals surface area contributed by atoms with E-state index in [2.05, 4.69) is 21.3 Å². The summed E-state index contributed by atoms with van der Waals surface area (Å²) in [4.78, 5) is 13.6. The maximum Gasteiger partial charge on any atom is 0.291 e. The number of ether oxygens (including phenoxy) is 1. The Labute approximate surface area is 206 Å². The number of H-pyrrole nitrogens is 1. The van der Waals surface area contributed by atoms with Crippen LogP contribution < -0.4 is 15.0 Å². The molecule has 0 bridgehead atoms. The number of rotatable bonds is 7. The van der Waals surface area contributed by atoms with Gasteiger partial charge < -0.3 is 20.6 Å². The van der Waals surface area contributed by atoms with E-state index in [0.29, 0.717) is 52.5 Å². The molecule has 4 rings (SSSR count). The Morgan fingerprint density at radius 3 is 2.86 bits per heavy atom. The van der Waals surface area contributed by atoms with Crippen LogP contribution in [0.1, 0.15) is 37.1 Å². The van der Waals surface area contributed by atoms with E-state index in [-0.39, 0.29) is 6.04 Å². The zero-order valence-electron chi connectivity index (χ0n) is 19.0. The van der Waals surface area contributed by atoms with Gasteiger partial charge in [0, 0.05) is 30.8 Å². The Hall–Kier alpha value is -3.75. The number of aromatic nitrogens is 3. The number of aliphatic hydroxyl groups is 1. The molecule has 3 aromatic rings. The minimum Gasteiger partial charge on any atom is -0.450 e. The van der Waals surface area contributed by atoms with Crippen molar-refractivity contribution in [1.29, 1.82) is 5.26 Å². The molecule has 0 aromatic carbocycles. The molecule has 0 radical (unpaired) electrons. The predicted octanol–water partition coefficient (Wildman–Crippen LogP) is 2.12. The third kappa shape index (κ3) is 5.34. The van der Waals surface area contributed by atoms with Crippen LogP contribution in [0.4, 0.5) is 4.39 Å². The van der Waals surface area contributed by atoms with Gasteiger partial charge >= 0.3 is 0 Å². The summed E-state index contributed by atoms with van der Waals surface area (Å²) in [5, 5.41) is 23.3. The first kappa shape index (κ1) is 24.4. The second kappa shape index (κ2) is 10.7. The number of hydrazone groups is 1. The maximum absolute atomic E-state index is 13.3. The normalized spacial score (nSPS) is 16.4. The van der Waals surface area contributed by atoms with Gasteiger partial charge in [-0.05, 0) is 43.5 Å². The van der Waals surface area contributed by atoms with Crippen LogP contribution in [0.2, 0.25) is 5.15 Å². The lowest BCUT2D eigenvalue weighted by Gasteiger charge is -2.26. The fourth-order valence-corrected chi connectivity index (χ4v) is 4.27. The number of halogens is 2. The molecule has 0 amide bonds. The van der Waals surface area contributed by atoms with Gasteiger partial charge in [-0.3, -0.25) is 9.98 Å². The number of nitrogens with two attached hydrogens (primary N) is 1. The fraction of sp³-hybridized carbons (Fsp3) is 0.348. The second-order valence-corrected chi connectivity index (χ2v) is 8.50. The van der Waals surface area contributed by atoms with Crippen LogP contribution in [0.15, 0.2) is 46.8 Å². The van der Waals surface area contributed by atoms with Crippen molar-refractivity contribution < 1.29 is 18.6 Å². The minimum absolute atomic E-state index is 0.0634. The van der Waals surface area contributed by atoms with Crippen LogP contribution in [0, 0.1) is 17.3 Å². The Morgan fingerprint density at radius 1 is 1.46 bits per heavy atom. The summed E-state index contributed by atoms with van der Waals surface area (Å²) in [7, 11) is 0. The highest BCUT2D eigenvalue weighted by Gasteiger charge is 2.25. The van der Waals surface area contributed by atoms with Crippen LogP contribution in [-0.2, 0) is 0 Å². The molecular weight excluding hydrogens is 475 g/mol. The highest BCUT2D eigenvalue weighted by atomic mass is 35.5. The van der Waals surface area contributed by atoms with Crippen molar-refractivity contribution in [2.45, 2.75) is 31.9 Å². The molecule has 1 aliphatic heterocycles. The van der Waals surface area contributed by atoms with Crippen molar-refractivity contribution >= 4 is 28.7 Å². The number of nitrogens with one attached hydrogen (secondary N) is 1. The zero-order valence-corrected chi connectivity index (χ0v) is 19.8. The molecule has 0 spiro atoms. The number of aliphatic hydroxyl groups excluding tert-OH is 1. The monoisotopic (exact) mass is 499 g/mol. The summed E-state index contributed by atoms with van der Waals surface area (Å²) in [6.07, 6.45) is 5.49. The molecule has 0 aliphatic carbocycles. The highest BCUT2D eigenvalue weighted by Crippen LogP contribution is 2.23. The molecule has 0 saturated carbocycles. The summed E-state index contributed by atoms with van der Waals surface area (Å²) < 4.78 is 21.0. The summed E-state index contributed by atoms with van der Waals surface area (Å²) in [5.74, 6) is 5.58. The topological polar surface area (TPSA) is 140 Å². The van der Waals surface area contributed by atoms with Crippen molar-refractivity contribution in [2.24, 2.45) is 15.9 Å². The molecule has 1 saturated heterocycles. The van der Waals surface area contributed by atoms with Gasteiger partial charge in [-0.1, -0.05) is 0 Å². The van der Waals surface area contributed by atoms with Crippen LogP contribution >= 0.6 is 11.6 Å². The Morgan fingerprint density at radius 2 is 2.23 bits per heavy atom. The molecular formula is C23H25ClFN8O2+. The molecule has 12 heteroatoms. The number of pyridine rings is 2. The number of piperidine rings is 1. The SMILES string of the molecule is CC(=NC1CCN(C#N)CC1)/C(=N\N)c1cc(OC(CO)c2ccc(F)cn2)[n+]2c(Cl)c[nH]c2c1. The van der Waals surface area contributed by atoms with Crippen molar-refractivity contribution in [3.63, 3.8) is 0 Å². The third-order valence-corrected chi connectivity index (χ3v) is 6.10. The molecule has 4 heterocycles. The number of hydrogen-bond donors (Lipinski definition) is 3. The Bertz CT molecular complexity index is 1290. The molecule has 10 nitrogen and oxygen atoms in total. The van der Waals surface area contributed by atoms with Gasteiger partial charge in [0.25, 0.3) is 11.5 Å². The van der Waals surface area contributed by atoms with Gasteiger partial charge in [0.1, 0.15) is 17.7 Å². The van der Waals surface area contributed by atoms with E-state index in [9.17, 15) is 9.50 Å². The van der Waals surface area contributed by atoms with Crippen molar-refractivity contribution in [3.8, 4) is 12.1 Å². The number of aliphatic imine (C=N–C) groups is 1. The molecule has 1 unspecified atom stereocenters.